The molecule has 0 rings (SSSR count). The van der Waals surface area contributed by atoms with Crippen molar-refractivity contribution in [3.05, 3.63) is 0 Å². The quantitative estimate of drug-likeness (QED) is 0.488. The highest BCUT2D eigenvalue weighted by Gasteiger charge is 1.99. The van der Waals surface area contributed by atoms with Crippen LogP contribution in [0.15, 0.2) is 0 Å². The zero-order chi connectivity index (χ0) is 13.6. The van der Waals surface area contributed by atoms with Gasteiger partial charge in [0.1, 0.15) is 0 Å². The SMILES string of the molecule is CCC(N)CCCCCCCCCCCC(=O)O. The molecule has 108 valence electrons. The predicted molar refractivity (Wildman–Crippen MR) is 76.7 cm³/mol. The van der Waals surface area contributed by atoms with Crippen molar-refractivity contribution in [1.82, 2.24) is 0 Å². The minimum Gasteiger partial charge on any atom is -0.481 e. The van der Waals surface area contributed by atoms with Crippen LogP contribution in [0.4, 0.5) is 0 Å². The molecule has 18 heavy (non-hydrogen) atoms. The molecule has 0 radical (unpaired) electrons. The Kier molecular flexibility index (Phi) is 12.5. The van der Waals surface area contributed by atoms with Gasteiger partial charge >= 0.3 is 5.97 Å². The highest BCUT2D eigenvalue weighted by Crippen LogP contribution is 2.12. The van der Waals surface area contributed by atoms with E-state index in [0.717, 1.165) is 19.3 Å². The van der Waals surface area contributed by atoms with Crippen LogP contribution in [0.3, 0.4) is 0 Å². The normalized spacial score (nSPS) is 12.6. The van der Waals surface area contributed by atoms with Crippen LogP contribution in [0, 0.1) is 0 Å². The van der Waals surface area contributed by atoms with Crippen LogP contribution in [0.25, 0.3) is 0 Å². The van der Waals surface area contributed by atoms with Gasteiger partial charge in [-0.25, -0.2) is 0 Å². The second kappa shape index (κ2) is 12.9. The molecule has 0 spiro atoms. The first-order chi connectivity index (χ1) is 8.66. The summed E-state index contributed by atoms with van der Waals surface area (Å²) >= 11 is 0. The number of rotatable bonds is 13. The summed E-state index contributed by atoms with van der Waals surface area (Å²) in [6, 6.07) is 0.402. The molecule has 0 amide bonds. The molecule has 0 heterocycles. The Bertz CT molecular complexity index is 195. The Morgan fingerprint density at radius 1 is 0.944 bits per heavy atom. The molecule has 0 aliphatic rings. The van der Waals surface area contributed by atoms with E-state index in [1.165, 1.54) is 51.4 Å². The summed E-state index contributed by atoms with van der Waals surface area (Å²) in [5.41, 5.74) is 5.86. The van der Waals surface area contributed by atoms with Gasteiger partial charge in [0.25, 0.3) is 0 Å². The van der Waals surface area contributed by atoms with Gasteiger partial charge in [0.2, 0.25) is 0 Å². The Hall–Kier alpha value is -0.570. The largest absolute Gasteiger partial charge is 0.481 e. The molecule has 0 saturated heterocycles. The fraction of sp³-hybridized carbons (Fsp3) is 0.933. The van der Waals surface area contributed by atoms with Crippen molar-refractivity contribution in [2.75, 3.05) is 0 Å². The summed E-state index contributed by atoms with van der Waals surface area (Å²) in [4.78, 5) is 10.3. The van der Waals surface area contributed by atoms with E-state index >= 15 is 0 Å². The van der Waals surface area contributed by atoms with Gasteiger partial charge in [-0.05, 0) is 19.3 Å². The van der Waals surface area contributed by atoms with Crippen molar-refractivity contribution in [1.29, 1.82) is 0 Å². The molecule has 0 aromatic rings. The van der Waals surface area contributed by atoms with Gasteiger partial charge in [-0.3, -0.25) is 4.79 Å². The molecule has 0 saturated carbocycles. The zero-order valence-electron chi connectivity index (χ0n) is 12.0. The molecule has 0 aromatic heterocycles. The molecule has 0 aromatic carbocycles. The van der Waals surface area contributed by atoms with Gasteiger partial charge in [-0.15, -0.1) is 0 Å². The van der Waals surface area contributed by atoms with Crippen LogP contribution in [-0.4, -0.2) is 17.1 Å². The zero-order valence-corrected chi connectivity index (χ0v) is 12.0. The standard InChI is InChI=1S/C15H31NO2/c1-2-14(16)12-10-8-6-4-3-5-7-9-11-13-15(17)18/h14H,2-13,16H2,1H3,(H,17,18). The molecule has 0 aliphatic heterocycles. The van der Waals surface area contributed by atoms with E-state index in [4.69, 9.17) is 10.8 Å². The van der Waals surface area contributed by atoms with Crippen LogP contribution in [0.2, 0.25) is 0 Å². The van der Waals surface area contributed by atoms with Crippen molar-refractivity contribution in [2.45, 2.75) is 90.0 Å². The average Bonchev–Trinajstić information content (AvgIpc) is 2.35. The lowest BCUT2D eigenvalue weighted by molar-refractivity contribution is -0.137. The minimum absolute atomic E-state index is 0.331. The summed E-state index contributed by atoms with van der Waals surface area (Å²) < 4.78 is 0. The maximum Gasteiger partial charge on any atom is 0.303 e. The summed E-state index contributed by atoms with van der Waals surface area (Å²) in [6.45, 7) is 2.15. The molecule has 1 atom stereocenters. The summed E-state index contributed by atoms with van der Waals surface area (Å²) in [6.07, 6.45) is 13.5. The van der Waals surface area contributed by atoms with Gasteiger partial charge < -0.3 is 10.8 Å². The smallest absolute Gasteiger partial charge is 0.303 e. The Morgan fingerprint density at radius 3 is 1.83 bits per heavy atom. The fourth-order valence-electron chi connectivity index (χ4n) is 2.12. The van der Waals surface area contributed by atoms with E-state index in [0.29, 0.717) is 12.5 Å². The van der Waals surface area contributed by atoms with Crippen molar-refractivity contribution in [3.8, 4) is 0 Å². The third-order valence-electron chi connectivity index (χ3n) is 3.49. The molecular formula is C15H31NO2. The molecule has 0 bridgehead atoms. The molecular weight excluding hydrogens is 226 g/mol. The van der Waals surface area contributed by atoms with Gasteiger partial charge in [0, 0.05) is 12.5 Å². The number of unbranched alkanes of at least 4 members (excludes halogenated alkanes) is 8. The number of nitrogens with two attached hydrogens (primary N) is 1. The lowest BCUT2D eigenvalue weighted by Crippen LogP contribution is -2.17. The Labute approximate surface area is 112 Å². The average molecular weight is 257 g/mol. The van der Waals surface area contributed by atoms with Crippen molar-refractivity contribution in [2.24, 2.45) is 5.73 Å². The third-order valence-corrected chi connectivity index (χ3v) is 3.49. The highest BCUT2D eigenvalue weighted by molar-refractivity contribution is 5.66. The van der Waals surface area contributed by atoms with Crippen molar-refractivity contribution >= 4 is 5.97 Å². The summed E-state index contributed by atoms with van der Waals surface area (Å²) in [5, 5.41) is 8.48. The van der Waals surface area contributed by atoms with Crippen LogP contribution >= 0.6 is 0 Å². The van der Waals surface area contributed by atoms with E-state index in [1.54, 1.807) is 0 Å². The lowest BCUT2D eigenvalue weighted by Gasteiger charge is -2.07. The first-order valence-electron chi connectivity index (χ1n) is 7.64. The van der Waals surface area contributed by atoms with E-state index in [2.05, 4.69) is 6.92 Å². The number of carbonyl (C=O) groups is 1. The van der Waals surface area contributed by atoms with E-state index < -0.39 is 5.97 Å². The number of carboxylic acid groups (broad SMARTS) is 1. The minimum atomic E-state index is -0.666. The Morgan fingerprint density at radius 2 is 1.39 bits per heavy atom. The Balaban J connectivity index is 3.01. The molecule has 3 heteroatoms. The summed E-state index contributed by atoms with van der Waals surface area (Å²) in [5.74, 6) is -0.666. The van der Waals surface area contributed by atoms with Crippen molar-refractivity contribution in [3.63, 3.8) is 0 Å². The molecule has 0 fully saturated rings. The second-order valence-electron chi connectivity index (χ2n) is 5.28. The highest BCUT2D eigenvalue weighted by atomic mass is 16.4. The fourth-order valence-corrected chi connectivity index (χ4v) is 2.12. The molecule has 1 unspecified atom stereocenters. The van der Waals surface area contributed by atoms with Crippen LogP contribution in [0.5, 0.6) is 0 Å². The van der Waals surface area contributed by atoms with E-state index in [9.17, 15) is 4.79 Å². The molecule has 3 N–H and O–H groups in total. The van der Waals surface area contributed by atoms with Gasteiger partial charge in [0.05, 0.1) is 0 Å². The maximum atomic E-state index is 10.3. The van der Waals surface area contributed by atoms with Crippen molar-refractivity contribution < 1.29 is 9.90 Å². The predicted octanol–water partition coefficient (Wildman–Crippen LogP) is 4.10. The van der Waals surface area contributed by atoms with Gasteiger partial charge in [0.15, 0.2) is 0 Å². The van der Waals surface area contributed by atoms with Crippen LogP contribution < -0.4 is 5.73 Å². The number of aliphatic carboxylic acids is 1. The summed E-state index contributed by atoms with van der Waals surface area (Å²) in [7, 11) is 0. The maximum absolute atomic E-state index is 10.3. The molecule has 3 nitrogen and oxygen atoms in total. The monoisotopic (exact) mass is 257 g/mol. The second-order valence-corrected chi connectivity index (χ2v) is 5.28. The number of carboxylic acids is 1. The van der Waals surface area contributed by atoms with Crippen LogP contribution in [-0.2, 0) is 4.79 Å². The van der Waals surface area contributed by atoms with Gasteiger partial charge in [-0.1, -0.05) is 58.3 Å². The third kappa shape index (κ3) is 13.5. The number of hydrogen-bond donors (Lipinski definition) is 2. The topological polar surface area (TPSA) is 63.3 Å². The first kappa shape index (κ1) is 17.4. The van der Waals surface area contributed by atoms with E-state index in [-0.39, 0.29) is 0 Å². The van der Waals surface area contributed by atoms with Gasteiger partial charge in [-0.2, -0.15) is 0 Å². The number of hydrogen-bond acceptors (Lipinski definition) is 2. The van der Waals surface area contributed by atoms with E-state index in [1.807, 2.05) is 0 Å². The molecule has 0 aliphatic carbocycles. The lowest BCUT2D eigenvalue weighted by atomic mass is 10.0. The first-order valence-corrected chi connectivity index (χ1v) is 7.64. The van der Waals surface area contributed by atoms with Crippen LogP contribution in [0.1, 0.15) is 84.0 Å².